The monoisotopic (exact) mass is 293 g/mol. The van der Waals surface area contributed by atoms with Gasteiger partial charge in [-0.25, -0.2) is 9.97 Å². The molecule has 2 aromatic rings. The van der Waals surface area contributed by atoms with Gasteiger partial charge >= 0.3 is 5.97 Å². The molecular formula is C13H15N3O3S. The van der Waals surface area contributed by atoms with E-state index in [1.54, 1.807) is 13.3 Å². The summed E-state index contributed by atoms with van der Waals surface area (Å²) in [6, 6.07) is 3.76. The summed E-state index contributed by atoms with van der Waals surface area (Å²) in [4.78, 5) is 19.5. The zero-order valence-electron chi connectivity index (χ0n) is 11.3. The quantitative estimate of drug-likeness (QED) is 0.820. The zero-order chi connectivity index (χ0) is 14.4. The predicted molar refractivity (Wildman–Crippen MR) is 75.9 cm³/mol. The number of thiazole rings is 1. The van der Waals surface area contributed by atoms with Crippen molar-refractivity contribution in [2.75, 3.05) is 19.5 Å². The topological polar surface area (TPSA) is 73.3 Å². The van der Waals surface area contributed by atoms with E-state index in [9.17, 15) is 4.79 Å². The molecule has 106 valence electrons. The molecule has 0 saturated carbocycles. The number of ether oxygens (including phenoxy) is 2. The number of aromatic nitrogens is 2. The first-order valence-corrected chi connectivity index (χ1v) is 6.83. The molecule has 6 nitrogen and oxygen atoms in total. The number of esters is 1. The third-order valence-electron chi connectivity index (χ3n) is 2.56. The third kappa shape index (κ3) is 3.92. The minimum Gasteiger partial charge on any atom is -0.481 e. The van der Waals surface area contributed by atoms with Crippen LogP contribution in [0, 0.1) is 0 Å². The molecule has 0 bridgehead atoms. The van der Waals surface area contributed by atoms with Gasteiger partial charge in [-0.15, -0.1) is 11.3 Å². The van der Waals surface area contributed by atoms with E-state index in [-0.39, 0.29) is 12.4 Å². The van der Waals surface area contributed by atoms with Crippen molar-refractivity contribution in [1.29, 1.82) is 0 Å². The lowest BCUT2D eigenvalue weighted by molar-refractivity contribution is -0.139. The number of hydrogen-bond acceptors (Lipinski definition) is 7. The van der Waals surface area contributed by atoms with Gasteiger partial charge in [0.1, 0.15) is 0 Å². The van der Waals surface area contributed by atoms with Crippen LogP contribution in [0.3, 0.4) is 0 Å². The molecule has 20 heavy (non-hydrogen) atoms. The highest BCUT2D eigenvalue weighted by Crippen LogP contribution is 2.17. The predicted octanol–water partition coefficient (Wildman–Crippen LogP) is 1.87. The Hall–Kier alpha value is -2.15. The molecule has 0 fully saturated rings. The van der Waals surface area contributed by atoms with Crippen molar-refractivity contribution in [3.63, 3.8) is 0 Å². The van der Waals surface area contributed by atoms with Gasteiger partial charge in [-0.3, -0.25) is 4.79 Å². The Morgan fingerprint density at radius 3 is 3.05 bits per heavy atom. The summed E-state index contributed by atoms with van der Waals surface area (Å²) < 4.78 is 9.67. The largest absolute Gasteiger partial charge is 0.481 e. The molecular weight excluding hydrogens is 278 g/mol. The number of rotatable bonds is 6. The van der Waals surface area contributed by atoms with E-state index < -0.39 is 0 Å². The van der Waals surface area contributed by atoms with Crippen LogP contribution in [-0.4, -0.2) is 30.2 Å². The van der Waals surface area contributed by atoms with E-state index in [1.807, 2.05) is 17.5 Å². The van der Waals surface area contributed by atoms with Crippen molar-refractivity contribution in [3.05, 3.63) is 35.0 Å². The van der Waals surface area contributed by atoms with Crippen molar-refractivity contribution in [1.82, 2.24) is 9.97 Å². The molecule has 0 aromatic carbocycles. The Kier molecular flexibility index (Phi) is 4.89. The van der Waals surface area contributed by atoms with Gasteiger partial charge in [-0.05, 0) is 11.6 Å². The average molecular weight is 293 g/mol. The van der Waals surface area contributed by atoms with Gasteiger partial charge < -0.3 is 14.8 Å². The smallest absolute Gasteiger partial charge is 0.311 e. The number of carbonyl (C=O) groups is 1. The minimum atomic E-state index is -0.291. The van der Waals surface area contributed by atoms with E-state index in [0.717, 1.165) is 10.7 Å². The highest BCUT2D eigenvalue weighted by Gasteiger charge is 2.07. The fraction of sp³-hybridized carbons (Fsp3) is 0.308. The first-order valence-electron chi connectivity index (χ1n) is 5.95. The van der Waals surface area contributed by atoms with Crippen molar-refractivity contribution in [2.24, 2.45) is 0 Å². The van der Waals surface area contributed by atoms with Crippen LogP contribution in [-0.2, 0) is 22.5 Å². The molecule has 0 radical (unpaired) electrons. The van der Waals surface area contributed by atoms with Crippen LogP contribution in [0.2, 0.25) is 0 Å². The van der Waals surface area contributed by atoms with Gasteiger partial charge in [0.25, 0.3) is 0 Å². The normalized spacial score (nSPS) is 10.1. The van der Waals surface area contributed by atoms with Crippen LogP contribution in [0.15, 0.2) is 23.7 Å². The lowest BCUT2D eigenvalue weighted by Gasteiger charge is -2.04. The van der Waals surface area contributed by atoms with Gasteiger partial charge in [-0.2, -0.15) is 0 Å². The molecule has 0 amide bonds. The van der Waals surface area contributed by atoms with Crippen LogP contribution in [0.25, 0.3) is 0 Å². The summed E-state index contributed by atoms with van der Waals surface area (Å²) in [6.45, 7) is 0.615. The van der Waals surface area contributed by atoms with Crippen LogP contribution >= 0.6 is 11.3 Å². The maximum absolute atomic E-state index is 11.1. The van der Waals surface area contributed by atoms with Crippen LogP contribution in [0.4, 0.5) is 5.13 Å². The molecule has 2 rings (SSSR count). The Balaban J connectivity index is 1.92. The maximum atomic E-state index is 11.1. The van der Waals surface area contributed by atoms with Crippen molar-refractivity contribution in [2.45, 2.75) is 13.0 Å². The van der Waals surface area contributed by atoms with Gasteiger partial charge in [0, 0.05) is 24.2 Å². The highest BCUT2D eigenvalue weighted by atomic mass is 32.1. The first kappa shape index (κ1) is 14.3. The molecule has 7 heteroatoms. The van der Waals surface area contributed by atoms with Crippen molar-refractivity contribution < 1.29 is 14.3 Å². The maximum Gasteiger partial charge on any atom is 0.311 e. The molecule has 0 aliphatic heterocycles. The summed E-state index contributed by atoms with van der Waals surface area (Å²) in [5, 5.41) is 5.80. The van der Waals surface area contributed by atoms with Gasteiger partial charge in [-0.1, -0.05) is 0 Å². The zero-order valence-corrected chi connectivity index (χ0v) is 12.1. The number of hydrogen-bond donors (Lipinski definition) is 1. The lowest BCUT2D eigenvalue weighted by Crippen LogP contribution is -2.05. The number of anilines is 1. The van der Waals surface area contributed by atoms with E-state index in [1.165, 1.54) is 18.4 Å². The van der Waals surface area contributed by atoms with E-state index in [0.29, 0.717) is 18.1 Å². The second-order valence-electron chi connectivity index (χ2n) is 3.96. The van der Waals surface area contributed by atoms with Crippen LogP contribution in [0.1, 0.15) is 11.3 Å². The van der Waals surface area contributed by atoms with E-state index in [2.05, 4.69) is 20.0 Å². The Morgan fingerprint density at radius 1 is 1.45 bits per heavy atom. The Morgan fingerprint density at radius 2 is 2.30 bits per heavy atom. The number of nitrogens with one attached hydrogen (secondary N) is 1. The molecule has 0 aliphatic carbocycles. The van der Waals surface area contributed by atoms with Crippen LogP contribution < -0.4 is 10.1 Å². The standard InChI is InChI=1S/C13H15N3O3S/c1-18-11-5-9(3-4-14-11)7-15-13-16-10(8-20-13)6-12(17)19-2/h3-5,8H,6-7H2,1-2H3,(H,15,16). The number of methoxy groups -OCH3 is 2. The first-order chi connectivity index (χ1) is 9.71. The summed E-state index contributed by atoms with van der Waals surface area (Å²) in [7, 11) is 2.95. The summed E-state index contributed by atoms with van der Waals surface area (Å²) in [6.07, 6.45) is 1.89. The molecule has 2 heterocycles. The van der Waals surface area contributed by atoms with Crippen molar-refractivity contribution >= 4 is 22.4 Å². The van der Waals surface area contributed by atoms with Gasteiger partial charge in [0.05, 0.1) is 26.3 Å². The highest BCUT2D eigenvalue weighted by molar-refractivity contribution is 7.13. The van der Waals surface area contributed by atoms with E-state index in [4.69, 9.17) is 4.74 Å². The molecule has 0 unspecified atom stereocenters. The summed E-state index contributed by atoms with van der Waals surface area (Å²) in [5.74, 6) is 0.288. The Labute approximate surface area is 120 Å². The molecule has 0 aliphatic rings. The SMILES string of the molecule is COC(=O)Cc1csc(NCc2ccnc(OC)c2)n1. The molecule has 1 N–H and O–H groups in total. The minimum absolute atomic E-state index is 0.192. The van der Waals surface area contributed by atoms with E-state index >= 15 is 0 Å². The van der Waals surface area contributed by atoms with Gasteiger partial charge in [0.15, 0.2) is 5.13 Å². The van der Waals surface area contributed by atoms with Gasteiger partial charge in [0.2, 0.25) is 5.88 Å². The number of pyridine rings is 1. The molecule has 0 atom stereocenters. The summed E-state index contributed by atoms with van der Waals surface area (Å²) in [5.41, 5.74) is 1.75. The fourth-order valence-electron chi connectivity index (χ4n) is 1.54. The van der Waals surface area contributed by atoms with Crippen molar-refractivity contribution in [3.8, 4) is 5.88 Å². The number of nitrogens with zero attached hydrogens (tertiary/aromatic N) is 2. The second kappa shape index (κ2) is 6.85. The molecule has 2 aromatic heterocycles. The average Bonchev–Trinajstić information content (AvgIpc) is 2.92. The lowest BCUT2D eigenvalue weighted by atomic mass is 10.3. The molecule has 0 saturated heterocycles. The fourth-order valence-corrected chi connectivity index (χ4v) is 2.25. The second-order valence-corrected chi connectivity index (χ2v) is 4.82. The number of carbonyl (C=O) groups excluding carboxylic acids is 1. The van der Waals surface area contributed by atoms with Crippen LogP contribution in [0.5, 0.6) is 5.88 Å². The Bertz CT molecular complexity index is 586. The molecule has 0 spiro atoms. The summed E-state index contributed by atoms with van der Waals surface area (Å²) >= 11 is 1.45. The third-order valence-corrected chi connectivity index (χ3v) is 3.41.